The van der Waals surface area contributed by atoms with Crippen LogP contribution in [0.3, 0.4) is 0 Å². The Balaban J connectivity index is 1.82. The minimum absolute atomic E-state index is 0.310. The first-order valence-corrected chi connectivity index (χ1v) is 5.39. The molecule has 0 unspecified atom stereocenters. The molecule has 0 radical (unpaired) electrons. The van der Waals surface area contributed by atoms with Crippen molar-refractivity contribution in [3.05, 3.63) is 16.6 Å². The summed E-state index contributed by atoms with van der Waals surface area (Å²) in [5.41, 5.74) is 1.83. The molecule has 1 amide bonds. The van der Waals surface area contributed by atoms with Crippen LogP contribution >= 0.6 is 11.3 Å². The lowest BCUT2D eigenvalue weighted by Gasteiger charge is -2.13. The third kappa shape index (κ3) is 2.06. The Bertz CT molecular complexity index is 284. The predicted molar refractivity (Wildman–Crippen MR) is 51.6 cm³/mol. The molecule has 0 spiro atoms. The van der Waals surface area contributed by atoms with Crippen molar-refractivity contribution in [3.8, 4) is 0 Å². The first kappa shape index (κ1) is 8.69. The van der Waals surface area contributed by atoms with Crippen LogP contribution in [0.15, 0.2) is 11.7 Å². The minimum Gasteiger partial charge on any atom is -0.342 e. The van der Waals surface area contributed by atoms with Gasteiger partial charge >= 0.3 is 0 Å². The molecular formula is C9H12N2OS. The third-order valence-corrected chi connectivity index (χ3v) is 3.12. The maximum absolute atomic E-state index is 11.2. The highest BCUT2D eigenvalue weighted by molar-refractivity contribution is 7.09. The number of likely N-dealkylation sites (tertiary alicyclic amines) is 1. The smallest absolute Gasteiger partial charge is 0.222 e. The van der Waals surface area contributed by atoms with Crippen LogP contribution in [-0.4, -0.2) is 28.9 Å². The molecule has 1 aliphatic rings. The van der Waals surface area contributed by atoms with E-state index >= 15 is 0 Å². The van der Waals surface area contributed by atoms with Gasteiger partial charge in [0.05, 0.1) is 5.51 Å². The van der Waals surface area contributed by atoms with Gasteiger partial charge in [0, 0.05) is 37.0 Å². The van der Waals surface area contributed by atoms with Gasteiger partial charge in [0.25, 0.3) is 0 Å². The molecule has 2 heterocycles. The molecule has 0 saturated carbocycles. The highest BCUT2D eigenvalue weighted by Crippen LogP contribution is 2.12. The number of carbonyl (C=O) groups is 1. The predicted octanol–water partition coefficient (Wildman–Crippen LogP) is 1.31. The van der Waals surface area contributed by atoms with Crippen LogP contribution in [0.5, 0.6) is 0 Å². The van der Waals surface area contributed by atoms with Gasteiger partial charge in [-0.1, -0.05) is 0 Å². The number of carbonyl (C=O) groups excluding carboxylic acids is 1. The first-order valence-electron chi connectivity index (χ1n) is 4.51. The van der Waals surface area contributed by atoms with Gasteiger partial charge in [-0.15, -0.1) is 11.3 Å². The summed E-state index contributed by atoms with van der Waals surface area (Å²) in [5, 5.41) is 0. The second kappa shape index (κ2) is 3.87. The summed E-state index contributed by atoms with van der Waals surface area (Å²) in [6.45, 7) is 1.80. The van der Waals surface area contributed by atoms with Crippen LogP contribution in [0.25, 0.3) is 0 Å². The zero-order valence-corrected chi connectivity index (χ0v) is 8.22. The molecule has 1 aromatic heterocycles. The molecule has 0 bridgehead atoms. The van der Waals surface area contributed by atoms with Gasteiger partial charge in [0.15, 0.2) is 0 Å². The van der Waals surface area contributed by atoms with E-state index in [-0.39, 0.29) is 0 Å². The van der Waals surface area contributed by atoms with E-state index in [2.05, 4.69) is 4.98 Å². The fourth-order valence-electron chi connectivity index (χ4n) is 1.55. The third-order valence-electron chi connectivity index (χ3n) is 2.28. The second-order valence-corrected chi connectivity index (χ2v) is 4.17. The molecule has 3 nitrogen and oxygen atoms in total. The average molecular weight is 196 g/mol. The topological polar surface area (TPSA) is 33.2 Å². The number of hydrogen-bond acceptors (Lipinski definition) is 3. The maximum atomic E-state index is 11.2. The highest BCUT2D eigenvalue weighted by Gasteiger charge is 2.19. The summed E-state index contributed by atoms with van der Waals surface area (Å²) >= 11 is 1.66. The van der Waals surface area contributed by atoms with Crippen LogP contribution in [0.2, 0.25) is 0 Å². The van der Waals surface area contributed by atoms with Gasteiger partial charge in [0.2, 0.25) is 5.91 Å². The van der Waals surface area contributed by atoms with Gasteiger partial charge in [-0.05, 0) is 6.42 Å². The van der Waals surface area contributed by atoms with E-state index in [1.54, 1.807) is 11.3 Å². The van der Waals surface area contributed by atoms with Crippen LogP contribution in [0.4, 0.5) is 0 Å². The van der Waals surface area contributed by atoms with E-state index in [4.69, 9.17) is 0 Å². The summed E-state index contributed by atoms with van der Waals surface area (Å²) in [7, 11) is 0. The maximum Gasteiger partial charge on any atom is 0.222 e. The summed E-state index contributed by atoms with van der Waals surface area (Å²) in [6.07, 6.45) is 4.60. The molecule has 1 aliphatic heterocycles. The summed E-state index contributed by atoms with van der Waals surface area (Å²) < 4.78 is 0. The average Bonchev–Trinajstić information content (AvgIpc) is 2.72. The number of aromatic nitrogens is 1. The molecular weight excluding hydrogens is 184 g/mol. The summed E-state index contributed by atoms with van der Waals surface area (Å²) in [5.74, 6) is 0.310. The molecule has 0 aromatic carbocycles. The van der Waals surface area contributed by atoms with Crippen molar-refractivity contribution in [1.29, 1.82) is 0 Å². The van der Waals surface area contributed by atoms with Crippen molar-refractivity contribution >= 4 is 17.2 Å². The molecule has 13 heavy (non-hydrogen) atoms. The molecule has 0 aliphatic carbocycles. The van der Waals surface area contributed by atoms with Crippen LogP contribution in [-0.2, 0) is 11.2 Å². The standard InChI is InChI=1S/C9H12N2OS/c12-9-2-1-4-11(9)5-3-8-6-10-7-13-8/h6-7H,1-5H2. The number of rotatable bonds is 3. The number of amides is 1. The van der Waals surface area contributed by atoms with E-state index in [0.717, 1.165) is 32.4 Å². The minimum atomic E-state index is 0.310. The summed E-state index contributed by atoms with van der Waals surface area (Å²) in [4.78, 5) is 18.5. The van der Waals surface area contributed by atoms with Crippen LogP contribution < -0.4 is 0 Å². The van der Waals surface area contributed by atoms with Crippen molar-refractivity contribution in [1.82, 2.24) is 9.88 Å². The Morgan fingerprint density at radius 2 is 2.54 bits per heavy atom. The van der Waals surface area contributed by atoms with Gasteiger partial charge in [0.1, 0.15) is 0 Å². The Morgan fingerprint density at radius 3 is 3.15 bits per heavy atom. The van der Waals surface area contributed by atoms with E-state index in [1.165, 1.54) is 4.88 Å². The fraction of sp³-hybridized carbons (Fsp3) is 0.556. The number of thiazole rings is 1. The summed E-state index contributed by atoms with van der Waals surface area (Å²) in [6, 6.07) is 0. The van der Waals surface area contributed by atoms with Crippen molar-refractivity contribution in [2.75, 3.05) is 13.1 Å². The fourth-order valence-corrected chi connectivity index (χ4v) is 2.14. The molecule has 0 N–H and O–H groups in total. The SMILES string of the molecule is O=C1CCCN1CCc1cncs1. The molecule has 4 heteroatoms. The van der Waals surface area contributed by atoms with Crippen LogP contribution in [0.1, 0.15) is 17.7 Å². The van der Waals surface area contributed by atoms with Crippen molar-refractivity contribution in [3.63, 3.8) is 0 Å². The van der Waals surface area contributed by atoms with Gasteiger partial charge in [-0.3, -0.25) is 9.78 Å². The zero-order valence-electron chi connectivity index (χ0n) is 7.40. The Morgan fingerprint density at radius 1 is 1.62 bits per heavy atom. The first-order chi connectivity index (χ1) is 6.36. The molecule has 1 fully saturated rings. The van der Waals surface area contributed by atoms with Crippen molar-refractivity contribution in [2.24, 2.45) is 0 Å². The lowest BCUT2D eigenvalue weighted by Crippen LogP contribution is -2.26. The lowest BCUT2D eigenvalue weighted by atomic mass is 10.3. The largest absolute Gasteiger partial charge is 0.342 e. The monoisotopic (exact) mass is 196 g/mol. The highest BCUT2D eigenvalue weighted by atomic mass is 32.1. The van der Waals surface area contributed by atoms with Crippen LogP contribution in [0, 0.1) is 0 Å². The number of nitrogens with zero attached hydrogens (tertiary/aromatic N) is 2. The molecule has 1 aromatic rings. The van der Waals surface area contributed by atoms with Crippen molar-refractivity contribution < 1.29 is 4.79 Å². The quantitative estimate of drug-likeness (QED) is 0.730. The Kier molecular flexibility index (Phi) is 2.59. The molecule has 70 valence electrons. The van der Waals surface area contributed by atoms with Gasteiger partial charge < -0.3 is 4.90 Å². The normalized spacial score (nSPS) is 16.9. The van der Waals surface area contributed by atoms with Gasteiger partial charge in [-0.2, -0.15) is 0 Å². The molecule has 0 atom stereocenters. The van der Waals surface area contributed by atoms with Gasteiger partial charge in [-0.25, -0.2) is 0 Å². The van der Waals surface area contributed by atoms with Crippen molar-refractivity contribution in [2.45, 2.75) is 19.3 Å². The van der Waals surface area contributed by atoms with E-state index in [9.17, 15) is 4.79 Å². The van der Waals surface area contributed by atoms with E-state index in [0.29, 0.717) is 5.91 Å². The van der Waals surface area contributed by atoms with E-state index in [1.807, 2.05) is 16.6 Å². The van der Waals surface area contributed by atoms with E-state index < -0.39 is 0 Å². The lowest BCUT2D eigenvalue weighted by molar-refractivity contribution is -0.127. The Hall–Kier alpha value is -0.900. The zero-order chi connectivity index (χ0) is 9.10. The number of hydrogen-bond donors (Lipinski definition) is 0. The Labute approximate surface area is 81.4 Å². The second-order valence-electron chi connectivity index (χ2n) is 3.20. The molecule has 1 saturated heterocycles. The molecule has 2 rings (SSSR count).